The highest BCUT2D eigenvalue weighted by Gasteiger charge is 2.32. The summed E-state index contributed by atoms with van der Waals surface area (Å²) in [5.41, 5.74) is 1.67. The second-order valence-corrected chi connectivity index (χ2v) is 7.44. The van der Waals surface area contributed by atoms with Gasteiger partial charge in [-0.05, 0) is 30.0 Å². The minimum absolute atomic E-state index is 0.175. The van der Waals surface area contributed by atoms with E-state index in [1.807, 2.05) is 30.3 Å². The van der Waals surface area contributed by atoms with Crippen LogP contribution in [0, 0.1) is 5.82 Å². The van der Waals surface area contributed by atoms with Crippen LogP contribution < -0.4 is 10.6 Å². The Bertz CT molecular complexity index is 769. The van der Waals surface area contributed by atoms with Crippen LogP contribution in [0.1, 0.15) is 11.1 Å². The number of carbonyl (C=O) groups is 2. The second-order valence-electron chi connectivity index (χ2n) is 6.21. The van der Waals surface area contributed by atoms with Gasteiger partial charge in [0.15, 0.2) is 0 Å². The lowest BCUT2D eigenvalue weighted by molar-refractivity contribution is -0.128. The summed E-state index contributed by atoms with van der Waals surface area (Å²) in [6.45, 7) is 0.526. The molecule has 6 heteroatoms. The van der Waals surface area contributed by atoms with Crippen molar-refractivity contribution in [3.05, 3.63) is 71.5 Å². The number of amides is 2. The molecule has 2 atom stereocenters. The Hall–Kier alpha value is -2.34. The van der Waals surface area contributed by atoms with Gasteiger partial charge in [0.25, 0.3) is 0 Å². The molecule has 1 heterocycles. The van der Waals surface area contributed by atoms with Crippen LogP contribution in [-0.4, -0.2) is 35.4 Å². The minimum Gasteiger partial charge on any atom is -0.354 e. The van der Waals surface area contributed by atoms with Gasteiger partial charge in [0.2, 0.25) is 11.8 Å². The zero-order chi connectivity index (χ0) is 18.4. The van der Waals surface area contributed by atoms with Crippen LogP contribution in [0.25, 0.3) is 0 Å². The van der Waals surface area contributed by atoms with Gasteiger partial charge < -0.3 is 10.6 Å². The van der Waals surface area contributed by atoms with E-state index in [0.29, 0.717) is 24.3 Å². The Morgan fingerprint density at radius 2 is 1.88 bits per heavy atom. The van der Waals surface area contributed by atoms with E-state index < -0.39 is 6.04 Å². The summed E-state index contributed by atoms with van der Waals surface area (Å²) in [7, 11) is 0. The fraction of sp³-hybridized carbons (Fsp3) is 0.300. The maximum Gasteiger partial charge on any atom is 0.243 e. The summed E-state index contributed by atoms with van der Waals surface area (Å²) in [6, 6.07) is 15.8. The summed E-state index contributed by atoms with van der Waals surface area (Å²) in [5, 5.41) is 5.25. The van der Waals surface area contributed by atoms with Crippen LogP contribution in [0.5, 0.6) is 0 Å². The summed E-state index contributed by atoms with van der Waals surface area (Å²) in [6.07, 6.45) is 1.07. The summed E-state index contributed by atoms with van der Waals surface area (Å²) in [4.78, 5) is 24.5. The molecule has 1 saturated heterocycles. The molecule has 0 bridgehead atoms. The topological polar surface area (TPSA) is 58.2 Å². The first-order valence-electron chi connectivity index (χ1n) is 8.60. The third-order valence-electron chi connectivity index (χ3n) is 4.31. The number of benzene rings is 2. The maximum atomic E-state index is 13.8. The number of nitrogens with one attached hydrogen (secondary N) is 2. The highest BCUT2D eigenvalue weighted by molar-refractivity contribution is 8.00. The molecule has 0 radical (unpaired) electrons. The number of hydrogen-bond donors (Lipinski definition) is 2. The Kier molecular flexibility index (Phi) is 6.28. The third kappa shape index (κ3) is 4.85. The van der Waals surface area contributed by atoms with E-state index in [4.69, 9.17) is 0 Å². The van der Waals surface area contributed by atoms with Crippen molar-refractivity contribution in [2.75, 3.05) is 12.3 Å². The van der Waals surface area contributed by atoms with Crippen molar-refractivity contribution >= 4 is 23.6 Å². The first-order chi connectivity index (χ1) is 12.6. The van der Waals surface area contributed by atoms with E-state index in [9.17, 15) is 14.0 Å². The molecule has 136 valence electrons. The van der Waals surface area contributed by atoms with Gasteiger partial charge in [0, 0.05) is 12.3 Å². The molecule has 0 aromatic heterocycles. The molecule has 0 unspecified atom stereocenters. The van der Waals surface area contributed by atoms with Gasteiger partial charge in [-0.25, -0.2) is 4.39 Å². The van der Waals surface area contributed by atoms with Crippen LogP contribution in [-0.2, 0) is 22.4 Å². The van der Waals surface area contributed by atoms with Gasteiger partial charge in [0.05, 0.1) is 5.25 Å². The largest absolute Gasteiger partial charge is 0.354 e. The monoisotopic (exact) mass is 372 g/mol. The van der Waals surface area contributed by atoms with Gasteiger partial charge in [-0.15, -0.1) is 11.8 Å². The smallest absolute Gasteiger partial charge is 0.243 e. The molecule has 2 aromatic rings. The fourth-order valence-corrected chi connectivity index (χ4v) is 4.03. The molecule has 0 saturated carbocycles. The van der Waals surface area contributed by atoms with Crippen molar-refractivity contribution in [3.8, 4) is 0 Å². The van der Waals surface area contributed by atoms with E-state index in [2.05, 4.69) is 10.6 Å². The van der Waals surface area contributed by atoms with Crippen molar-refractivity contribution in [1.29, 1.82) is 0 Å². The van der Waals surface area contributed by atoms with Crippen molar-refractivity contribution in [2.24, 2.45) is 0 Å². The number of carbonyl (C=O) groups excluding carboxylic acids is 2. The van der Waals surface area contributed by atoms with Crippen LogP contribution in [0.2, 0.25) is 0 Å². The second kappa shape index (κ2) is 8.85. The lowest BCUT2D eigenvalue weighted by atomic mass is 10.1. The standard InChI is InChI=1S/C20H21FN2O2S/c21-16-9-5-4-8-15(16)12-18-20(25)23-17(13-26-18)19(24)22-11-10-14-6-2-1-3-7-14/h1-9,17-18H,10-13H2,(H,22,24)(H,23,25)/t17-,18+/m1/s1. The highest BCUT2D eigenvalue weighted by atomic mass is 32.2. The van der Waals surface area contributed by atoms with Crippen molar-refractivity contribution in [3.63, 3.8) is 0 Å². The van der Waals surface area contributed by atoms with Crippen molar-refractivity contribution in [2.45, 2.75) is 24.1 Å². The van der Waals surface area contributed by atoms with Gasteiger partial charge in [-0.1, -0.05) is 48.5 Å². The first kappa shape index (κ1) is 18.5. The van der Waals surface area contributed by atoms with E-state index in [0.717, 1.165) is 12.0 Å². The Labute approximate surface area is 156 Å². The number of rotatable bonds is 6. The molecule has 4 nitrogen and oxygen atoms in total. The zero-order valence-electron chi connectivity index (χ0n) is 14.3. The molecule has 1 aliphatic heterocycles. The maximum absolute atomic E-state index is 13.8. The first-order valence-corrected chi connectivity index (χ1v) is 9.65. The lowest BCUT2D eigenvalue weighted by Gasteiger charge is -2.28. The minimum atomic E-state index is -0.542. The number of halogens is 1. The van der Waals surface area contributed by atoms with E-state index in [-0.39, 0.29) is 22.9 Å². The van der Waals surface area contributed by atoms with Gasteiger partial charge in [-0.3, -0.25) is 9.59 Å². The quantitative estimate of drug-likeness (QED) is 0.818. The van der Waals surface area contributed by atoms with Crippen LogP contribution in [0.15, 0.2) is 54.6 Å². The Morgan fingerprint density at radius 1 is 1.15 bits per heavy atom. The molecule has 1 fully saturated rings. The third-order valence-corrected chi connectivity index (χ3v) is 5.62. The van der Waals surface area contributed by atoms with Gasteiger partial charge in [0.1, 0.15) is 11.9 Å². The number of thioether (sulfide) groups is 1. The summed E-state index contributed by atoms with van der Waals surface area (Å²) in [5.74, 6) is -0.206. The molecular formula is C20H21FN2O2S. The Morgan fingerprint density at radius 3 is 2.62 bits per heavy atom. The SMILES string of the molecule is O=C1N[C@@H](C(=O)NCCc2ccccc2)CS[C@H]1Cc1ccccc1F. The van der Waals surface area contributed by atoms with Gasteiger partial charge >= 0.3 is 0 Å². The van der Waals surface area contributed by atoms with E-state index in [1.165, 1.54) is 17.8 Å². The lowest BCUT2D eigenvalue weighted by Crippen LogP contribution is -2.54. The average molecular weight is 372 g/mol. The summed E-state index contributed by atoms with van der Waals surface area (Å²) < 4.78 is 13.8. The molecule has 2 aromatic carbocycles. The average Bonchev–Trinajstić information content (AvgIpc) is 2.66. The summed E-state index contributed by atoms with van der Waals surface area (Å²) >= 11 is 1.40. The van der Waals surface area contributed by atoms with Crippen LogP contribution in [0.4, 0.5) is 4.39 Å². The fourth-order valence-electron chi connectivity index (χ4n) is 2.85. The number of hydrogen-bond acceptors (Lipinski definition) is 3. The van der Waals surface area contributed by atoms with Crippen molar-refractivity contribution < 1.29 is 14.0 Å². The molecule has 2 amide bonds. The van der Waals surface area contributed by atoms with Crippen LogP contribution >= 0.6 is 11.8 Å². The molecular weight excluding hydrogens is 351 g/mol. The van der Waals surface area contributed by atoms with E-state index >= 15 is 0 Å². The Balaban J connectivity index is 1.46. The van der Waals surface area contributed by atoms with Gasteiger partial charge in [-0.2, -0.15) is 0 Å². The molecule has 3 rings (SSSR count). The molecule has 26 heavy (non-hydrogen) atoms. The molecule has 0 aliphatic carbocycles. The molecule has 2 N–H and O–H groups in total. The molecule has 0 spiro atoms. The normalized spacial score (nSPS) is 19.7. The van der Waals surface area contributed by atoms with Crippen molar-refractivity contribution in [1.82, 2.24) is 10.6 Å². The van der Waals surface area contributed by atoms with Crippen LogP contribution in [0.3, 0.4) is 0 Å². The predicted molar refractivity (Wildman–Crippen MR) is 101 cm³/mol. The zero-order valence-corrected chi connectivity index (χ0v) is 15.1. The molecule has 1 aliphatic rings. The van der Waals surface area contributed by atoms with E-state index in [1.54, 1.807) is 18.2 Å². The predicted octanol–water partition coefficient (Wildman–Crippen LogP) is 2.33. The highest BCUT2D eigenvalue weighted by Crippen LogP contribution is 2.23.